The molecule has 3 nitrogen and oxygen atoms in total. The summed E-state index contributed by atoms with van der Waals surface area (Å²) in [4.78, 5) is 4.46. The highest BCUT2D eigenvalue weighted by molar-refractivity contribution is 7.22. The van der Waals surface area contributed by atoms with Crippen LogP contribution in [0, 0.1) is 0 Å². The van der Waals surface area contributed by atoms with E-state index in [1.54, 1.807) is 11.3 Å². The van der Waals surface area contributed by atoms with Crippen LogP contribution in [0.4, 0.5) is 5.13 Å². The molecule has 20 heavy (non-hydrogen) atoms. The minimum Gasteiger partial charge on any atom is -0.253 e. The van der Waals surface area contributed by atoms with Gasteiger partial charge in [-0.15, -0.1) is 0 Å². The molecule has 1 aromatic heterocycles. The smallest absolute Gasteiger partial charge is 0.204 e. The van der Waals surface area contributed by atoms with Crippen LogP contribution in [0.3, 0.4) is 0 Å². The van der Waals surface area contributed by atoms with Crippen molar-refractivity contribution in [3.05, 3.63) is 60.2 Å². The zero-order valence-corrected chi connectivity index (χ0v) is 11.8. The van der Waals surface area contributed by atoms with Crippen LogP contribution in [0.5, 0.6) is 0 Å². The molecule has 0 aliphatic rings. The van der Waals surface area contributed by atoms with Gasteiger partial charge in [0, 0.05) is 6.21 Å². The van der Waals surface area contributed by atoms with Crippen molar-refractivity contribution in [3.8, 4) is 0 Å². The molecular weight excluding hydrogens is 266 g/mol. The fraction of sp³-hybridized carbons (Fsp3) is 0.125. The third-order valence-corrected chi connectivity index (χ3v) is 3.89. The topological polar surface area (TPSA) is 37.3 Å². The van der Waals surface area contributed by atoms with E-state index in [1.807, 2.05) is 30.5 Å². The highest BCUT2D eigenvalue weighted by Gasteiger charge is 2.00. The molecule has 0 bridgehead atoms. The quantitative estimate of drug-likeness (QED) is 0.558. The Balaban J connectivity index is 1.52. The number of aryl methyl sites for hydroxylation is 1. The lowest BCUT2D eigenvalue weighted by molar-refractivity contribution is 1.05. The van der Waals surface area contributed by atoms with Crippen LogP contribution < -0.4 is 5.43 Å². The Morgan fingerprint density at radius 3 is 2.70 bits per heavy atom. The van der Waals surface area contributed by atoms with E-state index < -0.39 is 0 Å². The molecule has 0 fully saturated rings. The van der Waals surface area contributed by atoms with Crippen molar-refractivity contribution in [3.63, 3.8) is 0 Å². The van der Waals surface area contributed by atoms with E-state index in [4.69, 9.17) is 0 Å². The predicted molar refractivity (Wildman–Crippen MR) is 86.5 cm³/mol. The number of fused-ring (bicyclic) bond motifs is 1. The molecule has 0 saturated carbocycles. The van der Waals surface area contributed by atoms with Gasteiger partial charge in [-0.05, 0) is 30.5 Å². The van der Waals surface area contributed by atoms with Crippen LogP contribution in [0.25, 0.3) is 10.2 Å². The molecular formula is C16H15N3S. The van der Waals surface area contributed by atoms with Crippen molar-refractivity contribution >= 4 is 32.9 Å². The second-order valence-electron chi connectivity index (χ2n) is 4.43. The summed E-state index contributed by atoms with van der Waals surface area (Å²) >= 11 is 1.62. The molecule has 100 valence electrons. The number of hydrogen-bond acceptors (Lipinski definition) is 4. The summed E-state index contributed by atoms with van der Waals surface area (Å²) in [5.74, 6) is 0. The number of para-hydroxylation sites is 1. The Hall–Kier alpha value is -2.20. The van der Waals surface area contributed by atoms with Gasteiger partial charge in [-0.2, -0.15) is 5.10 Å². The van der Waals surface area contributed by atoms with Crippen molar-refractivity contribution in [1.82, 2.24) is 4.98 Å². The van der Waals surface area contributed by atoms with E-state index in [0.717, 1.165) is 23.5 Å². The van der Waals surface area contributed by atoms with Gasteiger partial charge >= 0.3 is 0 Å². The summed E-state index contributed by atoms with van der Waals surface area (Å²) in [6.45, 7) is 0. The summed E-state index contributed by atoms with van der Waals surface area (Å²) in [5.41, 5.74) is 5.34. The first kappa shape index (κ1) is 12.8. The molecule has 0 spiro atoms. The lowest BCUT2D eigenvalue weighted by Crippen LogP contribution is -1.90. The van der Waals surface area contributed by atoms with Crippen LogP contribution in [-0.4, -0.2) is 11.2 Å². The number of rotatable bonds is 5. The van der Waals surface area contributed by atoms with Crippen molar-refractivity contribution in [1.29, 1.82) is 0 Å². The van der Waals surface area contributed by atoms with Crippen molar-refractivity contribution in [2.24, 2.45) is 5.10 Å². The first-order valence-corrected chi connectivity index (χ1v) is 7.40. The molecule has 2 aromatic carbocycles. The average molecular weight is 281 g/mol. The van der Waals surface area contributed by atoms with E-state index >= 15 is 0 Å². The Labute approximate surface area is 122 Å². The van der Waals surface area contributed by atoms with Crippen molar-refractivity contribution < 1.29 is 0 Å². The minimum absolute atomic E-state index is 0.835. The number of nitrogens with one attached hydrogen (secondary N) is 1. The van der Waals surface area contributed by atoms with Crippen molar-refractivity contribution in [2.45, 2.75) is 12.8 Å². The Morgan fingerprint density at radius 1 is 1.05 bits per heavy atom. The molecule has 0 atom stereocenters. The predicted octanol–water partition coefficient (Wildman–Crippen LogP) is 4.33. The van der Waals surface area contributed by atoms with Gasteiger partial charge in [0.25, 0.3) is 0 Å². The van der Waals surface area contributed by atoms with E-state index in [2.05, 4.69) is 45.8 Å². The highest BCUT2D eigenvalue weighted by Crippen LogP contribution is 2.25. The van der Waals surface area contributed by atoms with Crippen LogP contribution in [0.2, 0.25) is 0 Å². The number of anilines is 1. The molecule has 3 aromatic rings. The van der Waals surface area contributed by atoms with Crippen LogP contribution in [0.15, 0.2) is 59.7 Å². The fourth-order valence-corrected chi connectivity index (χ4v) is 2.78. The van der Waals surface area contributed by atoms with Gasteiger partial charge in [0.1, 0.15) is 0 Å². The van der Waals surface area contributed by atoms with Crippen LogP contribution in [-0.2, 0) is 6.42 Å². The number of hydrogen-bond donors (Lipinski definition) is 1. The van der Waals surface area contributed by atoms with Gasteiger partial charge < -0.3 is 0 Å². The summed E-state index contributed by atoms with van der Waals surface area (Å²) < 4.78 is 1.18. The Bertz CT molecular complexity index is 671. The number of nitrogens with zero attached hydrogens (tertiary/aromatic N) is 2. The number of benzene rings is 2. The molecule has 3 rings (SSSR count). The Morgan fingerprint density at radius 2 is 1.85 bits per heavy atom. The standard InChI is InChI=1S/C16H15N3S/c1-2-7-13(8-3-1)9-6-12-17-19-16-18-14-10-4-5-11-15(14)20-16/h1-5,7-8,10-12H,6,9H2,(H,18,19). The second kappa shape index (κ2) is 6.30. The normalized spacial score (nSPS) is 11.2. The second-order valence-corrected chi connectivity index (χ2v) is 5.47. The monoisotopic (exact) mass is 281 g/mol. The van der Waals surface area contributed by atoms with Gasteiger partial charge in [0.05, 0.1) is 10.2 Å². The van der Waals surface area contributed by atoms with E-state index in [9.17, 15) is 0 Å². The summed E-state index contributed by atoms with van der Waals surface area (Å²) in [6, 6.07) is 18.5. The zero-order valence-electron chi connectivity index (χ0n) is 11.0. The molecule has 0 unspecified atom stereocenters. The highest BCUT2D eigenvalue weighted by atomic mass is 32.1. The minimum atomic E-state index is 0.835. The largest absolute Gasteiger partial charge is 0.253 e. The first-order chi connectivity index (χ1) is 9.92. The summed E-state index contributed by atoms with van der Waals surface area (Å²) in [5, 5.41) is 5.06. The molecule has 0 saturated heterocycles. The molecule has 4 heteroatoms. The van der Waals surface area contributed by atoms with Crippen molar-refractivity contribution in [2.75, 3.05) is 5.43 Å². The number of thiazole rings is 1. The molecule has 0 amide bonds. The van der Waals surface area contributed by atoms with Gasteiger partial charge in [0.15, 0.2) is 0 Å². The number of hydrazone groups is 1. The van der Waals surface area contributed by atoms with Gasteiger partial charge in [-0.3, -0.25) is 5.43 Å². The van der Waals surface area contributed by atoms with Gasteiger partial charge in [-0.1, -0.05) is 53.8 Å². The number of aromatic nitrogens is 1. The van der Waals surface area contributed by atoms with Crippen LogP contribution >= 0.6 is 11.3 Å². The molecule has 0 radical (unpaired) electrons. The van der Waals surface area contributed by atoms with E-state index in [-0.39, 0.29) is 0 Å². The SMILES string of the molecule is C(CCc1ccccc1)=NNc1nc2ccccc2s1. The molecule has 0 aliphatic heterocycles. The van der Waals surface area contributed by atoms with Gasteiger partial charge in [0.2, 0.25) is 5.13 Å². The third kappa shape index (κ3) is 3.22. The van der Waals surface area contributed by atoms with E-state index in [0.29, 0.717) is 0 Å². The lowest BCUT2D eigenvalue weighted by Gasteiger charge is -1.96. The maximum absolute atomic E-state index is 4.46. The Kier molecular flexibility index (Phi) is 4.04. The lowest BCUT2D eigenvalue weighted by atomic mass is 10.1. The molecule has 1 N–H and O–H groups in total. The van der Waals surface area contributed by atoms with Crippen LogP contribution in [0.1, 0.15) is 12.0 Å². The maximum atomic E-state index is 4.46. The van der Waals surface area contributed by atoms with Gasteiger partial charge in [-0.25, -0.2) is 4.98 Å². The third-order valence-electron chi connectivity index (χ3n) is 2.95. The molecule has 0 aliphatic carbocycles. The average Bonchev–Trinajstić information content (AvgIpc) is 2.90. The van der Waals surface area contributed by atoms with E-state index in [1.165, 1.54) is 10.3 Å². The zero-order chi connectivity index (χ0) is 13.6. The summed E-state index contributed by atoms with van der Waals surface area (Å²) in [6.07, 6.45) is 3.83. The summed E-state index contributed by atoms with van der Waals surface area (Å²) in [7, 11) is 0. The first-order valence-electron chi connectivity index (χ1n) is 6.59. The molecule has 1 heterocycles. The maximum Gasteiger partial charge on any atom is 0.204 e. The fourth-order valence-electron chi connectivity index (χ4n) is 1.96.